The van der Waals surface area contributed by atoms with Crippen LogP contribution in [0, 0.1) is 0 Å². The third-order valence-electron chi connectivity index (χ3n) is 2.04. The van der Waals surface area contributed by atoms with Crippen molar-refractivity contribution in [1.29, 1.82) is 0 Å². The van der Waals surface area contributed by atoms with E-state index in [9.17, 15) is 5.11 Å². The van der Waals surface area contributed by atoms with E-state index in [0.29, 0.717) is 12.3 Å². The van der Waals surface area contributed by atoms with Crippen LogP contribution in [0.25, 0.3) is 0 Å². The molecule has 2 rings (SSSR count). The van der Waals surface area contributed by atoms with E-state index in [1.807, 2.05) is 30.3 Å². The zero-order valence-electron chi connectivity index (χ0n) is 7.63. The van der Waals surface area contributed by atoms with Gasteiger partial charge in [0.05, 0.1) is 18.7 Å². The molecule has 0 aliphatic rings. The van der Waals surface area contributed by atoms with Gasteiger partial charge in [-0.15, -0.1) is 0 Å². The minimum absolute atomic E-state index is 0.414. The molecule has 3 heteroatoms. The molecule has 0 bridgehead atoms. The van der Waals surface area contributed by atoms with Gasteiger partial charge in [0.15, 0.2) is 5.89 Å². The first kappa shape index (κ1) is 8.97. The van der Waals surface area contributed by atoms with E-state index in [1.54, 1.807) is 6.20 Å². The van der Waals surface area contributed by atoms with Crippen molar-refractivity contribution in [1.82, 2.24) is 4.98 Å². The van der Waals surface area contributed by atoms with Gasteiger partial charge in [-0.1, -0.05) is 30.3 Å². The molecule has 72 valence electrons. The molecule has 2 aromatic rings. The van der Waals surface area contributed by atoms with Crippen LogP contribution in [0.4, 0.5) is 0 Å². The Hall–Kier alpha value is -1.61. The molecule has 14 heavy (non-hydrogen) atoms. The number of hydrogen-bond acceptors (Lipinski definition) is 3. The van der Waals surface area contributed by atoms with Crippen molar-refractivity contribution in [2.45, 2.75) is 12.5 Å². The van der Waals surface area contributed by atoms with E-state index in [0.717, 1.165) is 5.56 Å². The summed E-state index contributed by atoms with van der Waals surface area (Å²) in [5.41, 5.74) is 0.880. The van der Waals surface area contributed by atoms with Crippen molar-refractivity contribution in [3.05, 3.63) is 54.2 Å². The van der Waals surface area contributed by atoms with Gasteiger partial charge in [-0.2, -0.15) is 0 Å². The predicted molar refractivity (Wildman–Crippen MR) is 51.6 cm³/mol. The maximum absolute atomic E-state index is 9.79. The molecule has 0 aliphatic carbocycles. The van der Waals surface area contributed by atoms with Gasteiger partial charge in [0.2, 0.25) is 0 Å². The molecule has 0 fully saturated rings. The Morgan fingerprint density at radius 2 is 2.07 bits per heavy atom. The zero-order chi connectivity index (χ0) is 9.80. The highest BCUT2D eigenvalue weighted by Crippen LogP contribution is 2.16. The molecular weight excluding hydrogens is 178 g/mol. The van der Waals surface area contributed by atoms with Gasteiger partial charge >= 0.3 is 0 Å². The molecule has 0 radical (unpaired) electrons. The van der Waals surface area contributed by atoms with Gasteiger partial charge in [0.25, 0.3) is 0 Å². The lowest BCUT2D eigenvalue weighted by molar-refractivity contribution is 0.168. The second-order valence-corrected chi connectivity index (χ2v) is 3.06. The third-order valence-corrected chi connectivity index (χ3v) is 2.04. The maximum atomic E-state index is 9.79. The van der Waals surface area contributed by atoms with Crippen LogP contribution >= 0.6 is 0 Å². The van der Waals surface area contributed by atoms with Crippen molar-refractivity contribution < 1.29 is 9.52 Å². The Morgan fingerprint density at radius 1 is 1.29 bits per heavy atom. The van der Waals surface area contributed by atoms with Crippen LogP contribution in [-0.2, 0) is 6.42 Å². The van der Waals surface area contributed by atoms with Gasteiger partial charge < -0.3 is 9.52 Å². The van der Waals surface area contributed by atoms with E-state index >= 15 is 0 Å². The van der Waals surface area contributed by atoms with Crippen molar-refractivity contribution in [2.75, 3.05) is 0 Å². The summed E-state index contributed by atoms with van der Waals surface area (Å²) in [5.74, 6) is 0.557. The highest BCUT2D eigenvalue weighted by atomic mass is 16.3. The molecule has 1 aromatic carbocycles. The topological polar surface area (TPSA) is 46.3 Å². The van der Waals surface area contributed by atoms with Gasteiger partial charge in [-0.25, -0.2) is 4.98 Å². The lowest BCUT2D eigenvalue weighted by atomic mass is 10.1. The normalized spacial score (nSPS) is 12.6. The molecule has 0 aliphatic heterocycles. The molecule has 0 saturated carbocycles. The van der Waals surface area contributed by atoms with Crippen molar-refractivity contribution in [2.24, 2.45) is 0 Å². The molecule has 1 atom stereocenters. The summed E-state index contributed by atoms with van der Waals surface area (Å²) in [6.45, 7) is 0. The number of aliphatic hydroxyl groups excluding tert-OH is 1. The second kappa shape index (κ2) is 4.07. The summed E-state index contributed by atoms with van der Waals surface area (Å²) in [6, 6.07) is 9.48. The monoisotopic (exact) mass is 189 g/mol. The average molecular weight is 189 g/mol. The van der Waals surface area contributed by atoms with Crippen LogP contribution < -0.4 is 0 Å². The van der Waals surface area contributed by atoms with Crippen molar-refractivity contribution in [3.63, 3.8) is 0 Å². The summed E-state index contributed by atoms with van der Waals surface area (Å²) in [5, 5.41) is 9.79. The summed E-state index contributed by atoms with van der Waals surface area (Å²) < 4.78 is 5.05. The van der Waals surface area contributed by atoms with Gasteiger partial charge in [0.1, 0.15) is 6.26 Å². The first-order valence-electron chi connectivity index (χ1n) is 4.47. The maximum Gasteiger partial charge on any atom is 0.196 e. The molecule has 0 amide bonds. The van der Waals surface area contributed by atoms with Gasteiger partial charge in [0, 0.05) is 0 Å². The summed E-state index contributed by atoms with van der Waals surface area (Å²) >= 11 is 0. The Kier molecular flexibility index (Phi) is 2.60. The van der Waals surface area contributed by atoms with Crippen LogP contribution in [0.5, 0.6) is 0 Å². The number of oxazole rings is 1. The number of hydrogen-bond donors (Lipinski definition) is 1. The van der Waals surface area contributed by atoms with Crippen LogP contribution in [0.15, 0.2) is 47.2 Å². The predicted octanol–water partition coefficient (Wildman–Crippen LogP) is 1.95. The third kappa shape index (κ3) is 2.00. The summed E-state index contributed by atoms with van der Waals surface area (Å²) in [6.07, 6.45) is 2.95. The molecule has 0 spiro atoms. The van der Waals surface area contributed by atoms with Gasteiger partial charge in [-0.05, 0) is 5.56 Å². The number of rotatable bonds is 3. The highest BCUT2D eigenvalue weighted by Gasteiger charge is 2.10. The summed E-state index contributed by atoms with van der Waals surface area (Å²) in [4.78, 5) is 3.96. The Balaban J connectivity index is 2.07. The number of benzene rings is 1. The van der Waals surface area contributed by atoms with Crippen LogP contribution in [0.2, 0.25) is 0 Å². The number of nitrogens with zero attached hydrogens (tertiary/aromatic N) is 1. The molecule has 1 unspecified atom stereocenters. The fourth-order valence-corrected chi connectivity index (χ4v) is 1.31. The molecule has 3 nitrogen and oxygen atoms in total. The lowest BCUT2D eigenvalue weighted by Crippen LogP contribution is -2.01. The SMILES string of the molecule is OC(Cc1ncco1)c1ccccc1. The van der Waals surface area contributed by atoms with Crippen molar-refractivity contribution >= 4 is 0 Å². The zero-order valence-corrected chi connectivity index (χ0v) is 7.63. The first-order chi connectivity index (χ1) is 6.86. The standard InChI is InChI=1S/C11H11NO2/c13-10(8-11-12-6-7-14-11)9-4-2-1-3-5-9/h1-7,10,13H,8H2. The smallest absolute Gasteiger partial charge is 0.196 e. The Morgan fingerprint density at radius 3 is 2.71 bits per heavy atom. The summed E-state index contributed by atoms with van der Waals surface area (Å²) in [7, 11) is 0. The molecule has 1 heterocycles. The number of aliphatic hydroxyl groups is 1. The Bertz CT molecular complexity index is 369. The lowest BCUT2D eigenvalue weighted by Gasteiger charge is -2.07. The quantitative estimate of drug-likeness (QED) is 0.802. The fourth-order valence-electron chi connectivity index (χ4n) is 1.31. The average Bonchev–Trinajstić information content (AvgIpc) is 2.72. The van der Waals surface area contributed by atoms with Crippen LogP contribution in [-0.4, -0.2) is 10.1 Å². The highest BCUT2D eigenvalue weighted by molar-refractivity contribution is 5.17. The first-order valence-corrected chi connectivity index (χ1v) is 4.47. The minimum atomic E-state index is -0.546. The largest absolute Gasteiger partial charge is 0.449 e. The van der Waals surface area contributed by atoms with Gasteiger partial charge in [-0.3, -0.25) is 0 Å². The van der Waals surface area contributed by atoms with E-state index in [-0.39, 0.29) is 0 Å². The van der Waals surface area contributed by atoms with Crippen LogP contribution in [0.3, 0.4) is 0 Å². The molecular formula is C11H11NO2. The molecule has 0 saturated heterocycles. The van der Waals surface area contributed by atoms with E-state index in [4.69, 9.17) is 4.42 Å². The fraction of sp³-hybridized carbons (Fsp3) is 0.182. The molecule has 1 aromatic heterocycles. The number of aromatic nitrogens is 1. The van der Waals surface area contributed by atoms with Crippen molar-refractivity contribution in [3.8, 4) is 0 Å². The van der Waals surface area contributed by atoms with E-state index in [2.05, 4.69) is 4.98 Å². The molecule has 1 N–H and O–H groups in total. The Labute approximate surface area is 82.0 Å². The van der Waals surface area contributed by atoms with Crippen LogP contribution in [0.1, 0.15) is 17.6 Å². The van der Waals surface area contributed by atoms with E-state index in [1.165, 1.54) is 6.26 Å². The minimum Gasteiger partial charge on any atom is -0.449 e. The second-order valence-electron chi connectivity index (χ2n) is 3.06. The van der Waals surface area contributed by atoms with E-state index < -0.39 is 6.10 Å².